The molecule has 0 unspecified atom stereocenters. The molecule has 2 amide bonds. The predicted molar refractivity (Wildman–Crippen MR) is 131 cm³/mol. The van der Waals surface area contributed by atoms with Crippen molar-refractivity contribution in [2.45, 2.75) is 46.3 Å². The van der Waals surface area contributed by atoms with Crippen molar-refractivity contribution in [1.29, 1.82) is 0 Å². The standard InChI is InChI=1S/C26H37N5O2/c1-26(2,3)23(19-30-11-10-21-6-4-5-7-22(21)18-30)29-25(32)28-17-20-8-9-24(27-16-20)31-12-14-33-15-13-31/h4-9,16,23H,10-15,17-19H2,1-3H3,(H2,28,29,32)/t23-/m0/s1. The molecule has 0 radical (unpaired) electrons. The van der Waals surface area contributed by atoms with Crippen LogP contribution >= 0.6 is 0 Å². The summed E-state index contributed by atoms with van der Waals surface area (Å²) in [5.74, 6) is 0.961. The summed E-state index contributed by atoms with van der Waals surface area (Å²) in [6, 6.07) is 12.6. The van der Waals surface area contributed by atoms with Crippen LogP contribution in [-0.4, -0.2) is 61.3 Å². The van der Waals surface area contributed by atoms with Crippen LogP contribution in [0.5, 0.6) is 0 Å². The Morgan fingerprint density at radius 2 is 1.85 bits per heavy atom. The van der Waals surface area contributed by atoms with Crippen molar-refractivity contribution in [3.05, 3.63) is 59.3 Å². The predicted octanol–water partition coefficient (Wildman–Crippen LogP) is 3.19. The van der Waals surface area contributed by atoms with Gasteiger partial charge >= 0.3 is 6.03 Å². The van der Waals surface area contributed by atoms with E-state index in [9.17, 15) is 4.79 Å². The number of carbonyl (C=O) groups excluding carboxylic acids is 1. The van der Waals surface area contributed by atoms with Crippen LogP contribution in [0.25, 0.3) is 0 Å². The van der Waals surface area contributed by atoms with Gasteiger partial charge in [0.05, 0.1) is 13.2 Å². The van der Waals surface area contributed by atoms with E-state index in [4.69, 9.17) is 4.74 Å². The molecule has 1 aromatic carbocycles. The summed E-state index contributed by atoms with van der Waals surface area (Å²) in [6.07, 6.45) is 2.91. The first-order valence-corrected chi connectivity index (χ1v) is 12.0. The highest BCUT2D eigenvalue weighted by atomic mass is 16.5. The number of anilines is 1. The van der Waals surface area contributed by atoms with E-state index in [1.54, 1.807) is 0 Å². The molecule has 0 spiro atoms. The van der Waals surface area contributed by atoms with Gasteiger partial charge in [0.25, 0.3) is 0 Å². The van der Waals surface area contributed by atoms with Crippen LogP contribution in [0.3, 0.4) is 0 Å². The molecular formula is C26H37N5O2. The summed E-state index contributed by atoms with van der Waals surface area (Å²) in [7, 11) is 0. The number of urea groups is 1. The van der Waals surface area contributed by atoms with Crippen LogP contribution in [0.1, 0.15) is 37.5 Å². The maximum atomic E-state index is 12.7. The molecule has 2 aliphatic heterocycles. The second kappa shape index (κ2) is 10.5. The van der Waals surface area contributed by atoms with E-state index < -0.39 is 0 Å². The molecule has 4 rings (SSSR count). The first kappa shape index (κ1) is 23.5. The normalized spacial score (nSPS) is 17.8. The maximum absolute atomic E-state index is 12.7. The number of carbonyl (C=O) groups is 1. The van der Waals surface area contributed by atoms with Crippen molar-refractivity contribution in [1.82, 2.24) is 20.5 Å². The Hall–Kier alpha value is -2.64. The number of aromatic nitrogens is 1. The number of morpholine rings is 1. The highest BCUT2D eigenvalue weighted by Crippen LogP contribution is 2.24. The molecular weight excluding hydrogens is 414 g/mol. The van der Waals surface area contributed by atoms with Gasteiger partial charge in [-0.1, -0.05) is 51.1 Å². The molecule has 1 fully saturated rings. The zero-order valence-electron chi connectivity index (χ0n) is 20.1. The third-order valence-corrected chi connectivity index (χ3v) is 6.60. The summed E-state index contributed by atoms with van der Waals surface area (Å²) < 4.78 is 5.40. The highest BCUT2D eigenvalue weighted by Gasteiger charge is 2.29. The van der Waals surface area contributed by atoms with Gasteiger partial charge in [-0.05, 0) is 34.6 Å². The molecule has 0 aliphatic carbocycles. The topological polar surface area (TPSA) is 69.7 Å². The van der Waals surface area contributed by atoms with Gasteiger partial charge in [0, 0.05) is 51.5 Å². The number of nitrogens with one attached hydrogen (secondary N) is 2. The summed E-state index contributed by atoms with van der Waals surface area (Å²) in [4.78, 5) is 22.0. The Labute approximate surface area is 197 Å². The van der Waals surface area contributed by atoms with Crippen molar-refractivity contribution in [3.63, 3.8) is 0 Å². The fourth-order valence-electron chi connectivity index (χ4n) is 4.40. The van der Waals surface area contributed by atoms with E-state index in [0.717, 1.165) is 63.7 Å². The number of ether oxygens (including phenoxy) is 1. The molecule has 7 heteroatoms. The molecule has 33 heavy (non-hydrogen) atoms. The minimum atomic E-state index is -0.135. The quantitative estimate of drug-likeness (QED) is 0.706. The SMILES string of the molecule is CC(C)(C)[C@H](CN1CCc2ccccc2C1)NC(=O)NCc1ccc(N2CCOCC2)nc1. The Morgan fingerprint density at radius 1 is 1.09 bits per heavy atom. The summed E-state index contributed by atoms with van der Waals surface area (Å²) in [6.45, 7) is 13.0. The monoisotopic (exact) mass is 451 g/mol. The molecule has 3 heterocycles. The molecule has 178 valence electrons. The van der Waals surface area contributed by atoms with Crippen LogP contribution in [0, 0.1) is 5.41 Å². The van der Waals surface area contributed by atoms with E-state index in [0.29, 0.717) is 6.54 Å². The van der Waals surface area contributed by atoms with Crippen LogP contribution < -0.4 is 15.5 Å². The van der Waals surface area contributed by atoms with E-state index in [1.165, 1.54) is 11.1 Å². The summed E-state index contributed by atoms with van der Waals surface area (Å²) in [5.41, 5.74) is 3.78. The highest BCUT2D eigenvalue weighted by molar-refractivity contribution is 5.74. The minimum Gasteiger partial charge on any atom is -0.378 e. The zero-order chi connectivity index (χ0) is 23.3. The van der Waals surface area contributed by atoms with Crippen LogP contribution in [0.4, 0.5) is 10.6 Å². The number of rotatable bonds is 6. The van der Waals surface area contributed by atoms with Gasteiger partial charge in [-0.3, -0.25) is 4.90 Å². The average Bonchev–Trinajstić information content (AvgIpc) is 2.82. The second-order valence-corrected chi connectivity index (χ2v) is 10.1. The summed E-state index contributed by atoms with van der Waals surface area (Å²) >= 11 is 0. The average molecular weight is 452 g/mol. The Balaban J connectivity index is 1.29. The van der Waals surface area contributed by atoms with Crippen LogP contribution in [-0.2, 0) is 24.2 Å². The van der Waals surface area contributed by atoms with Gasteiger partial charge < -0.3 is 20.3 Å². The first-order chi connectivity index (χ1) is 15.9. The van der Waals surface area contributed by atoms with E-state index >= 15 is 0 Å². The van der Waals surface area contributed by atoms with Crippen molar-refractivity contribution < 1.29 is 9.53 Å². The van der Waals surface area contributed by atoms with Crippen LogP contribution in [0.15, 0.2) is 42.6 Å². The molecule has 0 bridgehead atoms. The lowest BCUT2D eigenvalue weighted by Crippen LogP contribution is -2.53. The lowest BCUT2D eigenvalue weighted by atomic mass is 9.86. The Bertz CT molecular complexity index is 919. The van der Waals surface area contributed by atoms with E-state index in [1.807, 2.05) is 18.3 Å². The first-order valence-electron chi connectivity index (χ1n) is 12.0. The number of nitrogens with zero attached hydrogens (tertiary/aromatic N) is 3. The molecule has 1 atom stereocenters. The third kappa shape index (κ3) is 6.45. The van der Waals surface area contributed by atoms with Crippen molar-refractivity contribution in [3.8, 4) is 0 Å². The Morgan fingerprint density at radius 3 is 2.55 bits per heavy atom. The molecule has 1 aromatic heterocycles. The maximum Gasteiger partial charge on any atom is 0.315 e. The number of benzene rings is 1. The number of hydrogen-bond donors (Lipinski definition) is 2. The van der Waals surface area contributed by atoms with Gasteiger partial charge in [0.1, 0.15) is 5.82 Å². The lowest BCUT2D eigenvalue weighted by molar-refractivity contribution is 0.122. The zero-order valence-corrected chi connectivity index (χ0v) is 20.1. The number of fused-ring (bicyclic) bond motifs is 1. The molecule has 2 aromatic rings. The molecule has 2 N–H and O–H groups in total. The molecule has 2 aliphatic rings. The second-order valence-electron chi connectivity index (χ2n) is 10.1. The van der Waals surface area contributed by atoms with Gasteiger partial charge in [-0.15, -0.1) is 0 Å². The molecule has 0 saturated carbocycles. The van der Waals surface area contributed by atoms with Gasteiger partial charge in [-0.25, -0.2) is 9.78 Å². The van der Waals surface area contributed by atoms with Gasteiger partial charge in [0.2, 0.25) is 0 Å². The van der Waals surface area contributed by atoms with Crippen molar-refractivity contribution in [2.75, 3.05) is 44.3 Å². The van der Waals surface area contributed by atoms with Crippen molar-refractivity contribution >= 4 is 11.8 Å². The smallest absolute Gasteiger partial charge is 0.315 e. The Kier molecular flexibility index (Phi) is 7.50. The van der Waals surface area contributed by atoms with E-state index in [-0.39, 0.29) is 17.5 Å². The number of hydrogen-bond acceptors (Lipinski definition) is 5. The number of pyridine rings is 1. The lowest BCUT2D eigenvalue weighted by Gasteiger charge is -2.37. The number of amides is 2. The fraction of sp³-hybridized carbons (Fsp3) is 0.538. The van der Waals surface area contributed by atoms with Gasteiger partial charge in [0.15, 0.2) is 0 Å². The third-order valence-electron chi connectivity index (χ3n) is 6.60. The largest absolute Gasteiger partial charge is 0.378 e. The van der Waals surface area contributed by atoms with Crippen molar-refractivity contribution in [2.24, 2.45) is 5.41 Å². The molecule has 1 saturated heterocycles. The summed E-state index contributed by atoms with van der Waals surface area (Å²) in [5, 5.41) is 6.24. The van der Waals surface area contributed by atoms with E-state index in [2.05, 4.69) is 70.5 Å². The molecule has 7 nitrogen and oxygen atoms in total. The minimum absolute atomic E-state index is 0.0459. The van der Waals surface area contributed by atoms with Crippen LogP contribution in [0.2, 0.25) is 0 Å². The van der Waals surface area contributed by atoms with Gasteiger partial charge in [-0.2, -0.15) is 0 Å². The fourth-order valence-corrected chi connectivity index (χ4v) is 4.40.